The summed E-state index contributed by atoms with van der Waals surface area (Å²) in [5.74, 6) is -1.13. The standard InChI is InChI=1S/C22H27NO4/c1-3-15-12-19(22(26)27)20(13-15)23(16-8-10-17(24)11-9-16)21(25)18-7-5-4-6-14(18)2/h4-7,13,16-17,24H,3,8-12H2,1-2H3,(H,26,27). The summed E-state index contributed by atoms with van der Waals surface area (Å²) in [5, 5.41) is 19.6. The average Bonchev–Trinajstić information content (AvgIpc) is 3.08. The molecule has 5 heteroatoms. The van der Waals surface area contributed by atoms with Gasteiger partial charge < -0.3 is 15.1 Å². The van der Waals surface area contributed by atoms with Crippen molar-refractivity contribution in [2.24, 2.45) is 0 Å². The number of hydrogen-bond donors (Lipinski definition) is 2. The number of rotatable bonds is 5. The van der Waals surface area contributed by atoms with Crippen molar-refractivity contribution in [2.75, 3.05) is 0 Å². The van der Waals surface area contributed by atoms with Crippen molar-refractivity contribution in [3.63, 3.8) is 0 Å². The van der Waals surface area contributed by atoms with Crippen molar-refractivity contribution in [2.45, 2.75) is 64.5 Å². The van der Waals surface area contributed by atoms with Crippen LogP contribution in [-0.4, -0.2) is 39.1 Å². The molecule has 0 atom stereocenters. The Morgan fingerprint density at radius 1 is 1.15 bits per heavy atom. The fraction of sp³-hybridized carbons (Fsp3) is 0.455. The number of carboxylic acid groups (broad SMARTS) is 1. The molecule has 5 nitrogen and oxygen atoms in total. The molecule has 2 N–H and O–H groups in total. The van der Waals surface area contributed by atoms with Crippen molar-refractivity contribution in [3.8, 4) is 0 Å². The number of benzene rings is 1. The Morgan fingerprint density at radius 2 is 1.81 bits per heavy atom. The summed E-state index contributed by atoms with van der Waals surface area (Å²) in [6, 6.07) is 7.31. The van der Waals surface area contributed by atoms with Crippen LogP contribution in [0.3, 0.4) is 0 Å². The Labute approximate surface area is 160 Å². The second-order valence-electron chi connectivity index (χ2n) is 7.45. The second-order valence-corrected chi connectivity index (χ2v) is 7.45. The number of hydrogen-bond acceptors (Lipinski definition) is 3. The molecule has 2 aliphatic rings. The maximum absolute atomic E-state index is 13.5. The van der Waals surface area contributed by atoms with Crippen LogP contribution in [-0.2, 0) is 4.79 Å². The smallest absolute Gasteiger partial charge is 0.334 e. The SMILES string of the molecule is CCC1=CC(N(C(=O)c2ccccc2C)C2CCC(O)CC2)=C(C(=O)O)C1. The predicted octanol–water partition coefficient (Wildman–Crippen LogP) is 3.82. The first-order valence-corrected chi connectivity index (χ1v) is 9.65. The van der Waals surface area contributed by atoms with Gasteiger partial charge in [-0.05, 0) is 56.7 Å². The van der Waals surface area contributed by atoms with Gasteiger partial charge >= 0.3 is 5.97 Å². The lowest BCUT2D eigenvalue weighted by atomic mass is 9.90. The van der Waals surface area contributed by atoms with Gasteiger partial charge in [-0.2, -0.15) is 0 Å². The number of aryl methyl sites for hydroxylation is 1. The molecule has 0 bridgehead atoms. The van der Waals surface area contributed by atoms with Crippen molar-refractivity contribution >= 4 is 11.9 Å². The molecule has 144 valence electrons. The number of aliphatic carboxylic acids is 1. The summed E-state index contributed by atoms with van der Waals surface area (Å²) in [5.41, 5.74) is 3.31. The maximum Gasteiger partial charge on any atom is 0.334 e. The molecule has 0 heterocycles. The van der Waals surface area contributed by atoms with Crippen LogP contribution in [0.5, 0.6) is 0 Å². The number of carbonyl (C=O) groups excluding carboxylic acids is 1. The molecular formula is C22H27NO4. The molecule has 1 saturated carbocycles. The molecule has 1 aromatic carbocycles. The van der Waals surface area contributed by atoms with Gasteiger partial charge in [0.15, 0.2) is 0 Å². The van der Waals surface area contributed by atoms with Crippen LogP contribution in [0, 0.1) is 6.92 Å². The van der Waals surface area contributed by atoms with Gasteiger partial charge in [-0.3, -0.25) is 4.79 Å². The van der Waals surface area contributed by atoms with Crippen LogP contribution < -0.4 is 0 Å². The lowest BCUT2D eigenvalue weighted by Crippen LogP contribution is -2.42. The van der Waals surface area contributed by atoms with Crippen molar-refractivity contribution in [1.29, 1.82) is 0 Å². The Hall–Kier alpha value is -2.40. The first kappa shape index (κ1) is 19.4. The zero-order valence-electron chi connectivity index (χ0n) is 15.9. The van der Waals surface area contributed by atoms with E-state index in [1.54, 1.807) is 11.0 Å². The summed E-state index contributed by atoms with van der Waals surface area (Å²) in [6.07, 6.45) is 5.28. The number of amides is 1. The van der Waals surface area contributed by atoms with Crippen LogP contribution in [0.1, 0.15) is 61.4 Å². The molecule has 1 fully saturated rings. The molecule has 27 heavy (non-hydrogen) atoms. The zero-order chi connectivity index (χ0) is 19.6. The lowest BCUT2D eigenvalue weighted by Gasteiger charge is -2.36. The Morgan fingerprint density at radius 3 is 2.41 bits per heavy atom. The van der Waals surface area contributed by atoms with E-state index in [1.807, 2.05) is 38.1 Å². The van der Waals surface area contributed by atoms with Crippen molar-refractivity contribution in [1.82, 2.24) is 4.90 Å². The number of aliphatic hydroxyl groups excluding tert-OH is 1. The predicted molar refractivity (Wildman–Crippen MR) is 103 cm³/mol. The number of allylic oxidation sites excluding steroid dienone is 2. The third-order valence-corrected chi connectivity index (χ3v) is 5.65. The Kier molecular flexibility index (Phi) is 5.80. The van der Waals surface area contributed by atoms with Crippen LogP contribution >= 0.6 is 0 Å². The van der Waals surface area contributed by atoms with Crippen LogP contribution in [0.4, 0.5) is 0 Å². The van der Waals surface area contributed by atoms with Crippen LogP contribution in [0.15, 0.2) is 47.2 Å². The van der Waals surface area contributed by atoms with Crippen molar-refractivity contribution < 1.29 is 19.8 Å². The molecule has 0 spiro atoms. The number of carbonyl (C=O) groups is 2. The topological polar surface area (TPSA) is 77.8 Å². The molecule has 0 saturated heterocycles. The number of aliphatic hydroxyl groups is 1. The van der Waals surface area contributed by atoms with E-state index in [9.17, 15) is 19.8 Å². The maximum atomic E-state index is 13.5. The minimum atomic E-state index is -0.969. The van der Waals surface area contributed by atoms with Gasteiger partial charge in [0.05, 0.1) is 17.4 Å². The first-order valence-electron chi connectivity index (χ1n) is 9.65. The summed E-state index contributed by atoms with van der Waals surface area (Å²) < 4.78 is 0. The van der Waals surface area contributed by atoms with Crippen LogP contribution in [0.2, 0.25) is 0 Å². The van der Waals surface area contributed by atoms with E-state index >= 15 is 0 Å². The van der Waals surface area contributed by atoms with E-state index in [2.05, 4.69) is 0 Å². The molecule has 2 aliphatic carbocycles. The Balaban J connectivity index is 2.06. The molecule has 3 rings (SSSR count). The minimum absolute atomic E-state index is 0.0997. The molecule has 0 aromatic heterocycles. The van der Waals surface area contributed by atoms with Gasteiger partial charge in [0.2, 0.25) is 0 Å². The number of carboxylic acids is 1. The fourth-order valence-corrected chi connectivity index (χ4v) is 4.01. The minimum Gasteiger partial charge on any atom is -0.478 e. The zero-order valence-corrected chi connectivity index (χ0v) is 15.9. The average molecular weight is 369 g/mol. The summed E-state index contributed by atoms with van der Waals surface area (Å²) in [4.78, 5) is 27.1. The monoisotopic (exact) mass is 369 g/mol. The highest BCUT2D eigenvalue weighted by atomic mass is 16.4. The highest BCUT2D eigenvalue weighted by Gasteiger charge is 2.35. The Bertz CT molecular complexity index is 800. The summed E-state index contributed by atoms with van der Waals surface area (Å²) in [7, 11) is 0. The van der Waals surface area contributed by atoms with E-state index in [1.165, 1.54) is 0 Å². The van der Waals surface area contributed by atoms with E-state index in [0.717, 1.165) is 17.6 Å². The van der Waals surface area contributed by atoms with E-state index in [0.29, 0.717) is 48.9 Å². The lowest BCUT2D eigenvalue weighted by molar-refractivity contribution is -0.132. The normalized spacial score (nSPS) is 22.6. The van der Waals surface area contributed by atoms with Gasteiger partial charge in [0.25, 0.3) is 5.91 Å². The highest BCUT2D eigenvalue weighted by Crippen LogP contribution is 2.35. The third-order valence-electron chi connectivity index (χ3n) is 5.65. The number of nitrogens with zero attached hydrogens (tertiary/aromatic N) is 1. The van der Waals surface area contributed by atoms with Gasteiger partial charge in [-0.25, -0.2) is 4.79 Å². The molecule has 1 amide bonds. The van der Waals surface area contributed by atoms with E-state index < -0.39 is 5.97 Å². The largest absolute Gasteiger partial charge is 0.478 e. The van der Waals surface area contributed by atoms with Gasteiger partial charge in [-0.15, -0.1) is 0 Å². The second kappa shape index (κ2) is 8.09. The van der Waals surface area contributed by atoms with E-state index in [-0.39, 0.29) is 18.1 Å². The molecular weight excluding hydrogens is 342 g/mol. The van der Waals surface area contributed by atoms with E-state index in [4.69, 9.17) is 0 Å². The molecule has 0 unspecified atom stereocenters. The first-order chi connectivity index (χ1) is 12.9. The highest BCUT2D eigenvalue weighted by molar-refractivity contribution is 5.99. The van der Waals surface area contributed by atoms with Gasteiger partial charge in [0.1, 0.15) is 0 Å². The van der Waals surface area contributed by atoms with Gasteiger partial charge in [-0.1, -0.05) is 30.7 Å². The molecule has 1 aromatic rings. The molecule has 0 radical (unpaired) electrons. The quantitative estimate of drug-likeness (QED) is 0.827. The summed E-state index contributed by atoms with van der Waals surface area (Å²) >= 11 is 0. The summed E-state index contributed by atoms with van der Waals surface area (Å²) in [6.45, 7) is 3.89. The third kappa shape index (κ3) is 3.98. The van der Waals surface area contributed by atoms with Crippen molar-refractivity contribution in [3.05, 3.63) is 58.3 Å². The van der Waals surface area contributed by atoms with Crippen LogP contribution in [0.25, 0.3) is 0 Å². The van der Waals surface area contributed by atoms with Gasteiger partial charge in [0, 0.05) is 18.0 Å². The fourth-order valence-electron chi connectivity index (χ4n) is 4.01. The molecule has 0 aliphatic heterocycles.